The van der Waals surface area contributed by atoms with E-state index in [0.29, 0.717) is 5.69 Å². The summed E-state index contributed by atoms with van der Waals surface area (Å²) in [5.74, 6) is 0. The number of aromatic nitrogens is 1. The molecule has 0 aliphatic rings. The van der Waals surface area contributed by atoms with Gasteiger partial charge < -0.3 is 0 Å². The van der Waals surface area contributed by atoms with Gasteiger partial charge in [0.15, 0.2) is 0 Å². The van der Waals surface area contributed by atoms with E-state index in [-0.39, 0.29) is 20.2 Å². The van der Waals surface area contributed by atoms with Crippen LogP contribution in [0.3, 0.4) is 0 Å². The Balaban J connectivity index is 3.49. The lowest BCUT2D eigenvalue weighted by atomic mass is 10.3. The van der Waals surface area contributed by atoms with Crippen LogP contribution in [0.15, 0.2) is 6.58 Å². The number of hydrogen-bond acceptors (Lipinski definition) is 1. The maximum atomic E-state index is 5.76. The van der Waals surface area contributed by atoms with E-state index in [4.69, 9.17) is 46.4 Å². The lowest BCUT2D eigenvalue weighted by Crippen LogP contribution is -1.86. The first-order valence-electron chi connectivity index (χ1n) is 2.90. The minimum absolute atomic E-state index is 0.126. The fourth-order valence-electron chi connectivity index (χ4n) is 0.639. The maximum Gasteiger partial charge on any atom is 0.149 e. The Kier molecular flexibility index (Phi) is 3.24. The summed E-state index contributed by atoms with van der Waals surface area (Å²) >= 11 is 22.8. The highest BCUT2D eigenvalue weighted by Crippen LogP contribution is 2.36. The first-order chi connectivity index (χ1) is 5.57. The molecular weight excluding hydrogens is 240 g/mol. The van der Waals surface area contributed by atoms with Crippen LogP contribution < -0.4 is 0 Å². The highest BCUT2D eigenvalue weighted by Gasteiger charge is 2.12. The van der Waals surface area contributed by atoms with Crippen LogP contribution in [0, 0.1) is 0 Å². The summed E-state index contributed by atoms with van der Waals surface area (Å²) in [6.07, 6.45) is 1.45. The first-order valence-corrected chi connectivity index (χ1v) is 4.41. The van der Waals surface area contributed by atoms with Gasteiger partial charge in [0.05, 0.1) is 20.8 Å². The van der Waals surface area contributed by atoms with E-state index in [1.807, 2.05) is 0 Å². The van der Waals surface area contributed by atoms with Crippen molar-refractivity contribution < 1.29 is 0 Å². The average molecular weight is 243 g/mol. The van der Waals surface area contributed by atoms with Crippen molar-refractivity contribution in [1.29, 1.82) is 0 Å². The largest absolute Gasteiger partial charge is 0.233 e. The normalized spacial score (nSPS) is 10.0. The van der Waals surface area contributed by atoms with Crippen molar-refractivity contribution in [1.82, 2.24) is 4.98 Å². The summed E-state index contributed by atoms with van der Waals surface area (Å²) in [6, 6.07) is 0. The molecule has 0 radical (unpaired) electrons. The zero-order valence-corrected chi connectivity index (χ0v) is 8.77. The Bertz CT molecular complexity index is 335. The monoisotopic (exact) mass is 241 g/mol. The summed E-state index contributed by atoms with van der Waals surface area (Å²) in [6.45, 7) is 3.50. The van der Waals surface area contributed by atoms with Gasteiger partial charge in [-0.3, -0.25) is 0 Å². The second-order valence-electron chi connectivity index (χ2n) is 1.93. The van der Waals surface area contributed by atoms with Gasteiger partial charge in [-0.05, 0) is 6.08 Å². The first kappa shape index (κ1) is 10.1. The second kappa shape index (κ2) is 3.84. The zero-order valence-electron chi connectivity index (χ0n) is 5.74. The summed E-state index contributed by atoms with van der Waals surface area (Å²) in [4.78, 5) is 3.85. The van der Waals surface area contributed by atoms with Crippen molar-refractivity contribution in [2.75, 3.05) is 0 Å². The molecule has 0 bridgehead atoms. The molecule has 0 atom stereocenters. The molecule has 0 aliphatic heterocycles. The van der Waals surface area contributed by atoms with Gasteiger partial charge >= 0.3 is 0 Å². The molecule has 12 heavy (non-hydrogen) atoms. The van der Waals surface area contributed by atoms with E-state index in [2.05, 4.69) is 11.6 Å². The van der Waals surface area contributed by atoms with Crippen molar-refractivity contribution in [3.05, 3.63) is 32.5 Å². The molecule has 0 saturated carbocycles. The van der Waals surface area contributed by atoms with Crippen molar-refractivity contribution >= 4 is 52.5 Å². The standard InChI is InChI=1S/C7H3Cl4N/c1-2-3-4(8)5(9)6(10)7(11)12-3/h2H,1H2. The van der Waals surface area contributed by atoms with E-state index in [1.54, 1.807) is 0 Å². The third-order valence-electron chi connectivity index (χ3n) is 1.20. The zero-order chi connectivity index (χ0) is 9.30. The number of pyridine rings is 1. The van der Waals surface area contributed by atoms with Crippen LogP contribution in [0.25, 0.3) is 6.08 Å². The van der Waals surface area contributed by atoms with Gasteiger partial charge in [0, 0.05) is 0 Å². The smallest absolute Gasteiger partial charge is 0.149 e. The van der Waals surface area contributed by atoms with Gasteiger partial charge in [-0.1, -0.05) is 53.0 Å². The molecule has 0 spiro atoms. The predicted octanol–water partition coefficient (Wildman–Crippen LogP) is 4.34. The van der Waals surface area contributed by atoms with Gasteiger partial charge in [-0.25, -0.2) is 4.98 Å². The molecule has 64 valence electrons. The highest BCUT2D eigenvalue weighted by atomic mass is 35.5. The Morgan fingerprint density at radius 1 is 1.00 bits per heavy atom. The third-order valence-corrected chi connectivity index (χ3v) is 2.90. The van der Waals surface area contributed by atoms with Crippen molar-refractivity contribution in [3.8, 4) is 0 Å². The van der Waals surface area contributed by atoms with Gasteiger partial charge in [0.25, 0.3) is 0 Å². The molecule has 1 rings (SSSR count). The molecule has 1 nitrogen and oxygen atoms in total. The molecule has 0 amide bonds. The van der Waals surface area contributed by atoms with Crippen LogP contribution in [0.5, 0.6) is 0 Å². The maximum absolute atomic E-state index is 5.76. The molecule has 1 heterocycles. The fourth-order valence-corrected chi connectivity index (χ4v) is 1.46. The van der Waals surface area contributed by atoms with Gasteiger partial charge in [-0.15, -0.1) is 0 Å². The van der Waals surface area contributed by atoms with Crippen molar-refractivity contribution in [2.45, 2.75) is 0 Å². The molecular formula is C7H3Cl4N. The lowest BCUT2D eigenvalue weighted by Gasteiger charge is -2.03. The SMILES string of the molecule is C=Cc1nc(Cl)c(Cl)c(Cl)c1Cl. The van der Waals surface area contributed by atoms with Gasteiger partial charge in [0.2, 0.25) is 0 Å². The summed E-state index contributed by atoms with van der Waals surface area (Å²) in [5.41, 5.74) is 0.427. The Morgan fingerprint density at radius 2 is 1.58 bits per heavy atom. The molecule has 0 aliphatic carbocycles. The van der Waals surface area contributed by atoms with Crippen LogP contribution in [-0.2, 0) is 0 Å². The Morgan fingerprint density at radius 3 is 2.08 bits per heavy atom. The number of halogens is 4. The second-order valence-corrected chi connectivity index (χ2v) is 3.43. The predicted molar refractivity (Wildman–Crippen MR) is 54.4 cm³/mol. The van der Waals surface area contributed by atoms with E-state index < -0.39 is 0 Å². The minimum atomic E-state index is 0.126. The summed E-state index contributed by atoms with van der Waals surface area (Å²) in [7, 11) is 0. The van der Waals surface area contributed by atoms with E-state index in [9.17, 15) is 0 Å². The topological polar surface area (TPSA) is 12.9 Å². The summed E-state index contributed by atoms with van der Waals surface area (Å²) < 4.78 is 0. The fraction of sp³-hybridized carbons (Fsp3) is 0. The van der Waals surface area contributed by atoms with Crippen LogP contribution in [0.4, 0.5) is 0 Å². The lowest BCUT2D eigenvalue weighted by molar-refractivity contribution is 1.30. The van der Waals surface area contributed by atoms with E-state index in [0.717, 1.165) is 0 Å². The molecule has 0 unspecified atom stereocenters. The molecule has 1 aromatic heterocycles. The number of nitrogens with zero attached hydrogens (tertiary/aromatic N) is 1. The van der Waals surface area contributed by atoms with Gasteiger partial charge in [-0.2, -0.15) is 0 Å². The highest BCUT2D eigenvalue weighted by molar-refractivity contribution is 6.51. The molecule has 0 saturated heterocycles. The molecule has 0 aromatic carbocycles. The van der Waals surface area contributed by atoms with Crippen LogP contribution in [-0.4, -0.2) is 4.98 Å². The van der Waals surface area contributed by atoms with Crippen LogP contribution in [0.2, 0.25) is 20.2 Å². The minimum Gasteiger partial charge on any atom is -0.233 e. The molecule has 0 fully saturated rings. The van der Waals surface area contributed by atoms with E-state index in [1.165, 1.54) is 6.08 Å². The van der Waals surface area contributed by atoms with Crippen molar-refractivity contribution in [3.63, 3.8) is 0 Å². The Labute approximate surface area is 89.9 Å². The molecule has 5 heteroatoms. The van der Waals surface area contributed by atoms with Crippen molar-refractivity contribution in [2.24, 2.45) is 0 Å². The Hall–Kier alpha value is 0.0500. The van der Waals surface area contributed by atoms with Crippen LogP contribution in [0.1, 0.15) is 5.69 Å². The summed E-state index contributed by atoms with van der Waals surface area (Å²) in [5, 5.41) is 0.754. The van der Waals surface area contributed by atoms with Crippen LogP contribution >= 0.6 is 46.4 Å². The quantitative estimate of drug-likeness (QED) is 0.668. The number of hydrogen-bond donors (Lipinski definition) is 0. The molecule has 0 N–H and O–H groups in total. The van der Waals surface area contributed by atoms with Gasteiger partial charge in [0.1, 0.15) is 5.15 Å². The third kappa shape index (κ3) is 1.69. The van der Waals surface area contributed by atoms with E-state index >= 15 is 0 Å². The molecule has 1 aromatic rings. The number of rotatable bonds is 1. The average Bonchev–Trinajstić information content (AvgIpc) is 2.08.